The highest BCUT2D eigenvalue weighted by Crippen LogP contribution is 2.26. The zero-order chi connectivity index (χ0) is 20.1. The first kappa shape index (κ1) is 20.1. The molecule has 2 aromatic carbocycles. The quantitative estimate of drug-likeness (QED) is 0.832. The third kappa shape index (κ3) is 4.41. The van der Waals surface area contributed by atoms with E-state index in [1.807, 2.05) is 6.07 Å². The Morgan fingerprint density at radius 2 is 1.79 bits per heavy atom. The van der Waals surface area contributed by atoms with Crippen molar-refractivity contribution in [3.05, 3.63) is 59.7 Å². The summed E-state index contributed by atoms with van der Waals surface area (Å²) in [6, 6.07) is 14.6. The van der Waals surface area contributed by atoms with Crippen LogP contribution in [0.4, 0.5) is 5.69 Å². The predicted octanol–water partition coefficient (Wildman–Crippen LogP) is 3.76. The number of carbonyl (C=O) groups is 1. The van der Waals surface area contributed by atoms with Crippen LogP contribution in [0.3, 0.4) is 0 Å². The molecule has 0 heterocycles. The number of rotatable bonds is 5. The molecule has 0 aliphatic heterocycles. The lowest BCUT2D eigenvalue weighted by atomic mass is 9.96. The van der Waals surface area contributed by atoms with Gasteiger partial charge in [0.1, 0.15) is 0 Å². The normalized spacial score (nSPS) is 15.2. The van der Waals surface area contributed by atoms with Gasteiger partial charge in [-0.1, -0.05) is 25.3 Å². The van der Waals surface area contributed by atoms with Crippen LogP contribution in [0, 0.1) is 11.3 Å². The van der Waals surface area contributed by atoms with Crippen LogP contribution in [0.2, 0.25) is 0 Å². The van der Waals surface area contributed by atoms with E-state index in [2.05, 4.69) is 5.32 Å². The Hall–Kier alpha value is -2.69. The van der Waals surface area contributed by atoms with Crippen molar-refractivity contribution in [3.63, 3.8) is 0 Å². The number of hydrogen-bond donors (Lipinski definition) is 1. The molecule has 0 bridgehead atoms. The molecular formula is C21H23N3O3S. The SMILES string of the molecule is CN(C1CCCCC1)S(=O)(=O)c1ccc(C(=O)Nc2cccc(C#N)c2)cc1. The first-order valence-corrected chi connectivity index (χ1v) is 10.8. The van der Waals surface area contributed by atoms with Gasteiger partial charge in [0.2, 0.25) is 10.0 Å². The van der Waals surface area contributed by atoms with Crippen molar-refractivity contribution in [1.82, 2.24) is 4.31 Å². The fraction of sp³-hybridized carbons (Fsp3) is 0.333. The van der Waals surface area contributed by atoms with E-state index in [1.54, 1.807) is 31.3 Å². The van der Waals surface area contributed by atoms with Gasteiger partial charge >= 0.3 is 0 Å². The smallest absolute Gasteiger partial charge is 0.255 e. The average Bonchev–Trinajstić information content (AvgIpc) is 2.74. The molecule has 3 rings (SSSR count). The van der Waals surface area contributed by atoms with Crippen molar-refractivity contribution in [2.75, 3.05) is 12.4 Å². The highest BCUT2D eigenvalue weighted by molar-refractivity contribution is 7.89. The minimum atomic E-state index is -3.58. The van der Waals surface area contributed by atoms with Gasteiger partial charge in [0, 0.05) is 24.3 Å². The zero-order valence-corrected chi connectivity index (χ0v) is 16.6. The molecule has 6 nitrogen and oxygen atoms in total. The summed E-state index contributed by atoms with van der Waals surface area (Å²) in [4.78, 5) is 12.6. The maximum Gasteiger partial charge on any atom is 0.255 e. The van der Waals surface area contributed by atoms with Gasteiger partial charge in [-0.3, -0.25) is 4.79 Å². The first-order valence-electron chi connectivity index (χ1n) is 9.31. The van der Waals surface area contributed by atoms with Crippen molar-refractivity contribution in [3.8, 4) is 6.07 Å². The summed E-state index contributed by atoms with van der Waals surface area (Å²) < 4.78 is 27.2. The van der Waals surface area contributed by atoms with E-state index in [4.69, 9.17) is 5.26 Å². The van der Waals surface area contributed by atoms with Crippen LogP contribution >= 0.6 is 0 Å². The van der Waals surface area contributed by atoms with Crippen LogP contribution in [-0.4, -0.2) is 31.7 Å². The standard InChI is InChI=1S/C21H23N3O3S/c1-24(19-8-3-2-4-9-19)28(26,27)20-12-10-17(11-13-20)21(25)23-18-7-5-6-16(14-18)15-22/h5-7,10-14,19H,2-4,8-9H2,1H3,(H,23,25). The lowest BCUT2D eigenvalue weighted by Gasteiger charge is -2.30. The van der Waals surface area contributed by atoms with Gasteiger partial charge in [-0.05, 0) is 55.3 Å². The van der Waals surface area contributed by atoms with E-state index in [0.717, 1.165) is 32.1 Å². The summed E-state index contributed by atoms with van der Waals surface area (Å²) in [6.45, 7) is 0. The summed E-state index contributed by atoms with van der Waals surface area (Å²) in [5.41, 5.74) is 1.31. The van der Waals surface area contributed by atoms with Gasteiger partial charge < -0.3 is 5.32 Å². The summed E-state index contributed by atoms with van der Waals surface area (Å²) in [5, 5.41) is 11.7. The molecule has 0 spiro atoms. The van der Waals surface area contributed by atoms with Crippen LogP contribution in [0.1, 0.15) is 48.0 Å². The second-order valence-corrected chi connectivity index (χ2v) is 8.98. The number of nitrogens with one attached hydrogen (secondary N) is 1. The Morgan fingerprint density at radius 1 is 1.11 bits per heavy atom. The maximum absolute atomic E-state index is 12.9. The van der Waals surface area contributed by atoms with Crippen LogP contribution in [0.25, 0.3) is 0 Å². The van der Waals surface area contributed by atoms with E-state index < -0.39 is 10.0 Å². The predicted molar refractivity (Wildman–Crippen MR) is 107 cm³/mol. The second kappa shape index (κ2) is 8.55. The number of nitrogens with zero attached hydrogens (tertiary/aromatic N) is 2. The van der Waals surface area contributed by atoms with Gasteiger partial charge in [0.05, 0.1) is 16.5 Å². The maximum atomic E-state index is 12.9. The number of amides is 1. The Balaban J connectivity index is 1.73. The molecule has 28 heavy (non-hydrogen) atoms. The summed E-state index contributed by atoms with van der Waals surface area (Å²) in [5.74, 6) is -0.361. The van der Waals surface area contributed by atoms with Crippen molar-refractivity contribution in [1.29, 1.82) is 5.26 Å². The lowest BCUT2D eigenvalue weighted by Crippen LogP contribution is -2.38. The van der Waals surface area contributed by atoms with E-state index in [1.165, 1.54) is 28.6 Å². The summed E-state index contributed by atoms with van der Waals surface area (Å²) >= 11 is 0. The fourth-order valence-electron chi connectivity index (χ4n) is 3.46. The Bertz CT molecular complexity index is 988. The molecule has 1 aliphatic rings. The molecule has 1 aliphatic carbocycles. The molecule has 7 heteroatoms. The number of anilines is 1. The minimum Gasteiger partial charge on any atom is -0.322 e. The number of nitriles is 1. The molecule has 0 unspecified atom stereocenters. The van der Waals surface area contributed by atoms with Crippen molar-refractivity contribution < 1.29 is 13.2 Å². The van der Waals surface area contributed by atoms with E-state index in [-0.39, 0.29) is 16.8 Å². The highest BCUT2D eigenvalue weighted by atomic mass is 32.2. The van der Waals surface area contributed by atoms with E-state index in [9.17, 15) is 13.2 Å². The topological polar surface area (TPSA) is 90.3 Å². The van der Waals surface area contributed by atoms with Gasteiger partial charge in [-0.15, -0.1) is 0 Å². The summed E-state index contributed by atoms with van der Waals surface area (Å²) in [6.07, 6.45) is 5.04. The molecule has 0 radical (unpaired) electrons. The molecular weight excluding hydrogens is 374 g/mol. The average molecular weight is 398 g/mol. The molecule has 146 valence electrons. The first-order chi connectivity index (χ1) is 13.4. The van der Waals surface area contributed by atoms with Crippen LogP contribution < -0.4 is 5.32 Å². The van der Waals surface area contributed by atoms with Crippen LogP contribution in [-0.2, 0) is 10.0 Å². The van der Waals surface area contributed by atoms with Gasteiger partial charge in [-0.2, -0.15) is 9.57 Å². The monoisotopic (exact) mass is 397 g/mol. The largest absolute Gasteiger partial charge is 0.322 e. The molecule has 2 aromatic rings. The number of benzene rings is 2. The second-order valence-electron chi connectivity index (χ2n) is 6.98. The molecule has 0 saturated heterocycles. The van der Waals surface area contributed by atoms with E-state index in [0.29, 0.717) is 16.8 Å². The summed E-state index contributed by atoms with van der Waals surface area (Å²) in [7, 11) is -1.95. The van der Waals surface area contributed by atoms with Crippen molar-refractivity contribution >= 4 is 21.6 Å². The molecule has 0 aromatic heterocycles. The van der Waals surface area contributed by atoms with Crippen LogP contribution in [0.5, 0.6) is 0 Å². The third-order valence-corrected chi connectivity index (χ3v) is 7.06. The zero-order valence-electron chi connectivity index (χ0n) is 15.8. The third-order valence-electron chi connectivity index (χ3n) is 5.13. The van der Waals surface area contributed by atoms with E-state index >= 15 is 0 Å². The molecule has 1 fully saturated rings. The Kier molecular flexibility index (Phi) is 6.12. The number of sulfonamides is 1. The minimum absolute atomic E-state index is 0.0362. The van der Waals surface area contributed by atoms with Gasteiger partial charge in [0.15, 0.2) is 0 Å². The van der Waals surface area contributed by atoms with Gasteiger partial charge in [0.25, 0.3) is 5.91 Å². The number of hydrogen-bond acceptors (Lipinski definition) is 4. The van der Waals surface area contributed by atoms with Crippen molar-refractivity contribution in [2.45, 2.75) is 43.0 Å². The molecule has 1 N–H and O–H groups in total. The van der Waals surface area contributed by atoms with Crippen LogP contribution in [0.15, 0.2) is 53.4 Å². The molecule has 1 amide bonds. The van der Waals surface area contributed by atoms with Crippen molar-refractivity contribution in [2.24, 2.45) is 0 Å². The lowest BCUT2D eigenvalue weighted by molar-refractivity contribution is 0.102. The fourth-order valence-corrected chi connectivity index (χ4v) is 4.87. The van der Waals surface area contributed by atoms with Gasteiger partial charge in [-0.25, -0.2) is 8.42 Å². The highest BCUT2D eigenvalue weighted by Gasteiger charge is 2.29. The number of carbonyl (C=O) groups excluding carboxylic acids is 1. The Morgan fingerprint density at radius 3 is 2.43 bits per heavy atom. The molecule has 0 atom stereocenters. The molecule has 1 saturated carbocycles. The Labute approximate surface area is 165 Å².